The topological polar surface area (TPSA) is 153 Å². The van der Waals surface area contributed by atoms with Crippen molar-refractivity contribution in [2.75, 3.05) is 47.1 Å². The molecule has 0 saturated carbocycles. The second-order valence-corrected chi connectivity index (χ2v) is 17.3. The maximum absolute atomic E-state index is 14.5. The number of ether oxygens (including phenoxy) is 4. The summed E-state index contributed by atoms with van der Waals surface area (Å²) in [6.07, 6.45) is 1.38. The van der Waals surface area contributed by atoms with Gasteiger partial charge in [0.1, 0.15) is 18.1 Å². The summed E-state index contributed by atoms with van der Waals surface area (Å²) in [4.78, 5) is 30.0. The van der Waals surface area contributed by atoms with Crippen molar-refractivity contribution in [2.24, 2.45) is 5.92 Å². The lowest BCUT2D eigenvalue weighted by Crippen LogP contribution is -2.56. The van der Waals surface area contributed by atoms with E-state index < -0.39 is 33.5 Å². The summed E-state index contributed by atoms with van der Waals surface area (Å²) in [6.45, 7) is 0.315. The fourth-order valence-corrected chi connectivity index (χ4v) is 10.4. The Bertz CT molecular complexity index is 2400. The molecule has 0 spiro atoms. The molecule has 0 bridgehead atoms. The summed E-state index contributed by atoms with van der Waals surface area (Å²) < 4.78 is 53.7. The Morgan fingerprint density at radius 2 is 1.42 bits per heavy atom. The van der Waals surface area contributed by atoms with E-state index in [2.05, 4.69) is 22.2 Å². The Labute approximate surface area is 350 Å². The largest absolute Gasteiger partial charge is 0.493 e. The minimum Gasteiger partial charge on any atom is -0.493 e. The molecule has 8 rings (SSSR count). The predicted molar refractivity (Wildman–Crippen MR) is 226 cm³/mol. The van der Waals surface area contributed by atoms with Gasteiger partial charge in [-0.25, -0.2) is 17.9 Å². The van der Waals surface area contributed by atoms with E-state index in [0.717, 1.165) is 33.4 Å². The maximum Gasteiger partial charge on any atom is 0.409 e. The van der Waals surface area contributed by atoms with Crippen LogP contribution in [0.1, 0.15) is 53.9 Å². The van der Waals surface area contributed by atoms with E-state index in [1.165, 1.54) is 37.3 Å². The Morgan fingerprint density at radius 3 is 2.05 bits per heavy atom. The maximum atomic E-state index is 14.5. The van der Waals surface area contributed by atoms with Crippen LogP contribution in [0.2, 0.25) is 0 Å². The molecule has 13 heteroatoms. The van der Waals surface area contributed by atoms with Gasteiger partial charge in [-0.2, -0.15) is 0 Å². The van der Waals surface area contributed by atoms with Gasteiger partial charge in [0.25, 0.3) is 0 Å². The molecule has 3 N–H and O–H groups in total. The van der Waals surface area contributed by atoms with Gasteiger partial charge in [0.15, 0.2) is 11.5 Å². The lowest BCUT2D eigenvalue weighted by molar-refractivity contribution is -0.127. The van der Waals surface area contributed by atoms with Crippen LogP contribution in [0.4, 0.5) is 4.79 Å². The van der Waals surface area contributed by atoms with Gasteiger partial charge in [0.2, 0.25) is 15.9 Å². The molecule has 312 valence electrons. The zero-order chi connectivity index (χ0) is 41.9. The highest BCUT2D eigenvalue weighted by Crippen LogP contribution is 2.50. The van der Waals surface area contributed by atoms with Crippen LogP contribution in [0.3, 0.4) is 0 Å². The third-order valence-electron chi connectivity index (χ3n) is 12.0. The normalized spacial score (nSPS) is 17.6. The number of likely N-dealkylation sites (tertiary alicyclic amines) is 1. The lowest BCUT2D eigenvalue weighted by atomic mass is 9.69. The Morgan fingerprint density at radius 1 is 0.800 bits per heavy atom. The minimum absolute atomic E-state index is 0.0177. The fraction of sp³-hybridized carbons (Fsp3) is 0.319. The zero-order valence-corrected chi connectivity index (χ0v) is 34.5. The van der Waals surface area contributed by atoms with E-state index >= 15 is 0 Å². The van der Waals surface area contributed by atoms with Gasteiger partial charge >= 0.3 is 6.09 Å². The van der Waals surface area contributed by atoms with Crippen LogP contribution in [0, 0.1) is 5.92 Å². The quantitative estimate of drug-likeness (QED) is 0.101. The standard InChI is InChI=1S/C47H49N3O9S/c1-56-43-22-21-33(26-44(43)57-2)60(54,55)49-32-25-31(27-50(28-32)46(53)58-29-38-36-15-5-3-13-34(36)35-14-4-6-16-37(35)38)45(52)48-30-47(23-11-12-24-51)39-17-7-9-19-41(39)59-42-20-10-8-18-40(42)47/h3-10,13-22,26,31-32,38,49,51H,11-12,23-25,27-30H2,1-2H3,(H,48,52)/t31-,32+/m0/s1. The van der Waals surface area contributed by atoms with Crippen molar-refractivity contribution in [3.63, 3.8) is 0 Å². The summed E-state index contributed by atoms with van der Waals surface area (Å²) in [5.74, 6) is 0.691. The summed E-state index contributed by atoms with van der Waals surface area (Å²) in [5, 5.41) is 13.0. The van der Waals surface area contributed by atoms with Gasteiger partial charge < -0.3 is 34.3 Å². The molecular weight excluding hydrogens is 783 g/mol. The SMILES string of the molecule is COc1ccc(S(=O)(=O)N[C@@H]2C[C@H](C(=O)NCC3(CCCCO)c4ccccc4Oc4ccccc43)CN(C(=O)OCC3c4ccccc4-c4ccccc43)C2)cc1OC. The molecule has 1 saturated heterocycles. The molecule has 3 aliphatic rings. The number of hydrogen-bond donors (Lipinski definition) is 3. The monoisotopic (exact) mass is 831 g/mol. The van der Waals surface area contributed by atoms with Crippen molar-refractivity contribution in [3.05, 3.63) is 138 Å². The van der Waals surface area contributed by atoms with Crippen molar-refractivity contribution in [1.82, 2.24) is 14.9 Å². The molecule has 1 aliphatic carbocycles. The van der Waals surface area contributed by atoms with Crippen LogP contribution < -0.4 is 24.2 Å². The highest BCUT2D eigenvalue weighted by molar-refractivity contribution is 7.89. The Kier molecular flexibility index (Phi) is 11.8. The summed E-state index contributed by atoms with van der Waals surface area (Å²) in [6, 6.07) is 35.1. The van der Waals surface area contributed by atoms with Crippen molar-refractivity contribution in [3.8, 4) is 34.1 Å². The first-order valence-electron chi connectivity index (χ1n) is 20.3. The van der Waals surface area contributed by atoms with E-state index in [9.17, 15) is 23.1 Å². The van der Waals surface area contributed by atoms with Gasteiger partial charge in [-0.15, -0.1) is 0 Å². The predicted octanol–water partition coefficient (Wildman–Crippen LogP) is 6.99. The molecule has 5 aromatic rings. The van der Waals surface area contributed by atoms with Crippen molar-refractivity contribution < 1.29 is 42.1 Å². The first-order valence-corrected chi connectivity index (χ1v) is 21.7. The summed E-state index contributed by atoms with van der Waals surface area (Å²) >= 11 is 0. The van der Waals surface area contributed by atoms with Crippen molar-refractivity contribution in [2.45, 2.75) is 48.0 Å². The van der Waals surface area contributed by atoms with E-state index in [0.29, 0.717) is 36.5 Å². The van der Waals surface area contributed by atoms with E-state index in [4.69, 9.17) is 18.9 Å². The number of benzene rings is 5. The average Bonchev–Trinajstić information content (AvgIpc) is 3.60. The highest BCUT2D eigenvalue weighted by atomic mass is 32.2. The van der Waals surface area contributed by atoms with E-state index in [-0.39, 0.29) is 61.7 Å². The van der Waals surface area contributed by atoms with Gasteiger partial charge in [0.05, 0.1) is 25.0 Å². The Balaban J connectivity index is 1.06. The summed E-state index contributed by atoms with van der Waals surface area (Å²) in [7, 11) is -1.27. The zero-order valence-electron chi connectivity index (χ0n) is 33.6. The number of sulfonamides is 1. The van der Waals surface area contributed by atoms with Crippen LogP contribution in [-0.4, -0.2) is 83.5 Å². The molecule has 60 heavy (non-hydrogen) atoms. The van der Waals surface area contributed by atoms with Crippen LogP contribution in [0.25, 0.3) is 11.1 Å². The van der Waals surface area contributed by atoms with Crippen LogP contribution in [0.5, 0.6) is 23.0 Å². The number of carbonyl (C=O) groups excluding carboxylic acids is 2. The Hall–Kier alpha value is -5.89. The number of carbonyl (C=O) groups is 2. The van der Waals surface area contributed by atoms with E-state index in [1.807, 2.05) is 84.9 Å². The van der Waals surface area contributed by atoms with Gasteiger partial charge in [0, 0.05) is 60.8 Å². The summed E-state index contributed by atoms with van der Waals surface area (Å²) in [5.41, 5.74) is 5.47. The number of amides is 2. The van der Waals surface area contributed by atoms with Gasteiger partial charge in [-0.1, -0.05) is 84.9 Å². The average molecular weight is 832 g/mol. The minimum atomic E-state index is -4.16. The molecule has 2 heterocycles. The molecule has 0 aromatic heterocycles. The molecule has 2 atom stereocenters. The highest BCUT2D eigenvalue weighted by Gasteiger charge is 2.43. The molecule has 0 radical (unpaired) electrons. The number of fused-ring (bicyclic) bond motifs is 5. The molecule has 2 amide bonds. The number of methoxy groups -OCH3 is 2. The second kappa shape index (κ2) is 17.4. The van der Waals surface area contributed by atoms with Crippen LogP contribution in [0.15, 0.2) is 120 Å². The number of para-hydroxylation sites is 2. The van der Waals surface area contributed by atoms with Gasteiger partial charge in [-0.3, -0.25) is 4.79 Å². The molecule has 2 aliphatic heterocycles. The van der Waals surface area contributed by atoms with Crippen LogP contribution in [-0.2, 0) is 25.0 Å². The lowest BCUT2D eigenvalue weighted by Gasteiger charge is -2.41. The second-order valence-electron chi connectivity index (χ2n) is 15.6. The molecule has 0 unspecified atom stereocenters. The van der Waals surface area contributed by atoms with E-state index in [1.54, 1.807) is 0 Å². The van der Waals surface area contributed by atoms with Gasteiger partial charge in [-0.05, 0) is 72.2 Å². The van der Waals surface area contributed by atoms with Crippen molar-refractivity contribution >= 4 is 22.0 Å². The first kappa shape index (κ1) is 40.9. The fourth-order valence-electron chi connectivity index (χ4n) is 9.11. The number of rotatable bonds is 14. The number of piperidine rings is 1. The number of aliphatic hydroxyl groups excluding tert-OH is 1. The number of nitrogens with zero attached hydrogens (tertiary/aromatic N) is 1. The number of aliphatic hydroxyl groups is 1. The molecule has 1 fully saturated rings. The smallest absolute Gasteiger partial charge is 0.409 e. The number of hydrogen-bond acceptors (Lipinski definition) is 9. The molecule has 5 aromatic carbocycles. The van der Waals surface area contributed by atoms with Crippen molar-refractivity contribution in [1.29, 1.82) is 0 Å². The first-order chi connectivity index (χ1) is 29.2. The third-order valence-corrected chi connectivity index (χ3v) is 13.5. The third kappa shape index (κ3) is 7.92. The number of unbranched alkanes of at least 4 members (excludes halogenated alkanes) is 1. The number of nitrogens with one attached hydrogen (secondary N) is 2. The molecule has 12 nitrogen and oxygen atoms in total. The molecular formula is C47H49N3O9S. The van der Waals surface area contributed by atoms with Crippen LogP contribution >= 0.6 is 0 Å².